The molecule has 0 fully saturated rings. The van der Waals surface area contributed by atoms with Crippen LogP contribution in [0.1, 0.15) is 36.8 Å². The highest BCUT2D eigenvalue weighted by atomic mass is 32.1. The summed E-state index contributed by atoms with van der Waals surface area (Å²) in [7, 11) is 1.52. The number of thiazole rings is 1. The lowest BCUT2D eigenvalue weighted by molar-refractivity contribution is -0.139. The number of aromatic nitrogens is 1. The van der Waals surface area contributed by atoms with Crippen molar-refractivity contribution in [2.75, 3.05) is 13.7 Å². The molecule has 0 aliphatic carbocycles. The Balaban J connectivity index is 1.53. The van der Waals surface area contributed by atoms with Crippen LogP contribution < -0.4 is 19.6 Å². The maximum absolute atomic E-state index is 14.1. The molecule has 2 aromatic heterocycles. The highest BCUT2D eigenvalue weighted by molar-refractivity contribution is 7.07. The van der Waals surface area contributed by atoms with Gasteiger partial charge < -0.3 is 13.9 Å². The fraction of sp³-hybridized carbons (Fsp3) is 0.182. The average molecular weight is 619 g/mol. The molecule has 224 valence electrons. The Kier molecular flexibility index (Phi) is 7.50. The second-order valence-electron chi connectivity index (χ2n) is 9.99. The monoisotopic (exact) mass is 618 g/mol. The third kappa shape index (κ3) is 5.13. The number of furan rings is 1. The number of ether oxygens (including phenoxy) is 2. The smallest absolute Gasteiger partial charge is 0.416 e. The zero-order chi connectivity index (χ0) is 31.2. The minimum atomic E-state index is -4.50. The van der Waals surface area contributed by atoms with E-state index in [2.05, 4.69) is 4.99 Å². The molecule has 0 saturated carbocycles. The first-order chi connectivity index (χ1) is 21.1. The van der Waals surface area contributed by atoms with Crippen molar-refractivity contribution in [3.63, 3.8) is 0 Å². The van der Waals surface area contributed by atoms with Crippen molar-refractivity contribution in [3.05, 3.63) is 121 Å². The summed E-state index contributed by atoms with van der Waals surface area (Å²) in [5, 5.41) is 1.68. The number of hydrogen-bond donors (Lipinski definition) is 0. The summed E-state index contributed by atoms with van der Waals surface area (Å²) in [6.07, 6.45) is -2.98. The van der Waals surface area contributed by atoms with Gasteiger partial charge in [-0.25, -0.2) is 9.79 Å². The SMILES string of the molecule is CCOC(=O)C1=C(C)N=c2s/c(=C/c3ccc(-c4cccc(C(F)(F)F)c4)o3)c(=O)n2[C@H]1c1c(OC)ccc2ccccc12. The molecule has 3 aromatic carbocycles. The van der Waals surface area contributed by atoms with E-state index in [1.165, 1.54) is 29.9 Å². The second kappa shape index (κ2) is 11.3. The predicted molar refractivity (Wildman–Crippen MR) is 160 cm³/mol. The van der Waals surface area contributed by atoms with Crippen molar-refractivity contribution in [1.29, 1.82) is 0 Å². The fourth-order valence-corrected chi connectivity index (χ4v) is 6.39. The molecule has 6 rings (SSSR count). The standard InChI is InChI=1S/C33H25F3N2O5S/c1-4-42-31(40)27-18(2)37-32-38(29(27)28-23-11-6-5-8-19(23)12-14-25(28)41-3)30(39)26(44-32)17-22-13-15-24(43-22)20-9-7-10-21(16-20)33(34,35)36/h5-17,29H,4H2,1-3H3/b26-17+/t29-/m1/s1. The molecule has 0 radical (unpaired) electrons. The lowest BCUT2D eigenvalue weighted by atomic mass is 9.90. The van der Waals surface area contributed by atoms with E-state index in [9.17, 15) is 22.8 Å². The van der Waals surface area contributed by atoms with Gasteiger partial charge in [0.15, 0.2) is 4.80 Å². The summed E-state index contributed by atoms with van der Waals surface area (Å²) in [6, 6.07) is 18.3. The van der Waals surface area contributed by atoms with Gasteiger partial charge >= 0.3 is 12.1 Å². The van der Waals surface area contributed by atoms with Crippen molar-refractivity contribution >= 4 is 34.2 Å². The van der Waals surface area contributed by atoms with E-state index in [0.717, 1.165) is 34.2 Å². The van der Waals surface area contributed by atoms with Gasteiger partial charge in [-0.1, -0.05) is 53.8 Å². The number of fused-ring (bicyclic) bond motifs is 2. The number of esters is 1. The molecule has 1 aliphatic rings. The second-order valence-corrected chi connectivity index (χ2v) is 11.0. The van der Waals surface area contributed by atoms with Crippen LogP contribution >= 0.6 is 11.3 Å². The van der Waals surface area contributed by atoms with Crippen LogP contribution in [-0.4, -0.2) is 24.3 Å². The van der Waals surface area contributed by atoms with Crippen molar-refractivity contribution in [1.82, 2.24) is 4.57 Å². The molecular formula is C33H25F3N2O5S. The largest absolute Gasteiger partial charge is 0.496 e. The summed E-state index contributed by atoms with van der Waals surface area (Å²) in [5.41, 5.74) is 0.253. The number of rotatable bonds is 6. The first-order valence-corrected chi connectivity index (χ1v) is 14.4. The van der Waals surface area contributed by atoms with Crippen LogP contribution in [0.15, 0.2) is 98.3 Å². The molecule has 0 N–H and O–H groups in total. The van der Waals surface area contributed by atoms with Gasteiger partial charge in [-0.3, -0.25) is 9.36 Å². The Morgan fingerprint density at radius 3 is 2.64 bits per heavy atom. The van der Waals surface area contributed by atoms with Gasteiger partial charge in [0.1, 0.15) is 23.3 Å². The van der Waals surface area contributed by atoms with Gasteiger partial charge in [-0.2, -0.15) is 13.2 Å². The number of halogens is 3. The number of methoxy groups -OCH3 is 1. The zero-order valence-corrected chi connectivity index (χ0v) is 24.6. The van der Waals surface area contributed by atoms with Crippen LogP contribution in [0.4, 0.5) is 13.2 Å². The lowest BCUT2D eigenvalue weighted by Crippen LogP contribution is -2.40. The number of carbonyl (C=O) groups excluding carboxylic acids is 1. The van der Waals surface area contributed by atoms with Gasteiger partial charge in [-0.05, 0) is 55.0 Å². The summed E-state index contributed by atoms with van der Waals surface area (Å²) in [5.74, 6) is 0.369. The number of benzene rings is 3. The lowest BCUT2D eigenvalue weighted by Gasteiger charge is -2.27. The average Bonchev–Trinajstić information content (AvgIpc) is 3.59. The first kappa shape index (κ1) is 29.2. The molecule has 11 heteroatoms. The van der Waals surface area contributed by atoms with E-state index in [-0.39, 0.29) is 33.8 Å². The van der Waals surface area contributed by atoms with Gasteiger partial charge in [0.05, 0.1) is 35.1 Å². The van der Waals surface area contributed by atoms with E-state index < -0.39 is 29.3 Å². The Morgan fingerprint density at radius 2 is 1.89 bits per heavy atom. The number of allylic oxidation sites excluding steroid dienone is 1. The van der Waals surface area contributed by atoms with E-state index in [1.807, 2.05) is 30.3 Å². The topological polar surface area (TPSA) is 83.0 Å². The summed E-state index contributed by atoms with van der Waals surface area (Å²) >= 11 is 1.11. The van der Waals surface area contributed by atoms with E-state index in [4.69, 9.17) is 13.9 Å². The molecule has 7 nitrogen and oxygen atoms in total. The predicted octanol–water partition coefficient (Wildman–Crippen LogP) is 6.24. The Labute approximate surface area is 252 Å². The highest BCUT2D eigenvalue weighted by Crippen LogP contribution is 2.40. The van der Waals surface area contributed by atoms with Crippen molar-refractivity contribution in [3.8, 4) is 17.1 Å². The van der Waals surface area contributed by atoms with Crippen LogP contribution in [0, 0.1) is 0 Å². The molecule has 0 spiro atoms. The maximum atomic E-state index is 14.1. The quantitative estimate of drug-likeness (QED) is 0.211. The molecule has 0 amide bonds. The molecule has 3 heterocycles. The van der Waals surface area contributed by atoms with Crippen molar-refractivity contribution in [2.45, 2.75) is 26.1 Å². The summed E-state index contributed by atoms with van der Waals surface area (Å²) in [4.78, 5) is 32.5. The van der Waals surface area contributed by atoms with Crippen LogP contribution in [0.2, 0.25) is 0 Å². The van der Waals surface area contributed by atoms with Crippen LogP contribution in [0.25, 0.3) is 28.2 Å². The Morgan fingerprint density at radius 1 is 1.09 bits per heavy atom. The van der Waals surface area contributed by atoms with Gasteiger partial charge in [0.2, 0.25) is 0 Å². The number of hydrogen-bond acceptors (Lipinski definition) is 7. The van der Waals surface area contributed by atoms with Crippen LogP contribution in [0.5, 0.6) is 5.75 Å². The van der Waals surface area contributed by atoms with Crippen LogP contribution in [-0.2, 0) is 15.7 Å². The van der Waals surface area contributed by atoms with Gasteiger partial charge in [0, 0.05) is 17.2 Å². The molecule has 0 bridgehead atoms. The molecule has 0 saturated heterocycles. The normalized spacial score (nSPS) is 15.3. The van der Waals surface area contributed by atoms with Crippen LogP contribution in [0.3, 0.4) is 0 Å². The van der Waals surface area contributed by atoms with E-state index in [1.54, 1.807) is 32.0 Å². The van der Waals surface area contributed by atoms with E-state index in [0.29, 0.717) is 21.8 Å². The molecular weight excluding hydrogens is 593 g/mol. The molecule has 44 heavy (non-hydrogen) atoms. The third-order valence-corrected chi connectivity index (χ3v) is 8.30. The molecule has 1 atom stereocenters. The maximum Gasteiger partial charge on any atom is 0.416 e. The number of nitrogens with zero attached hydrogens (tertiary/aromatic N) is 2. The fourth-order valence-electron chi connectivity index (χ4n) is 5.36. The number of carbonyl (C=O) groups is 1. The third-order valence-electron chi connectivity index (χ3n) is 7.32. The van der Waals surface area contributed by atoms with Crippen molar-refractivity contribution in [2.24, 2.45) is 4.99 Å². The molecule has 0 unspecified atom stereocenters. The van der Waals surface area contributed by atoms with Gasteiger partial charge in [-0.15, -0.1) is 0 Å². The summed E-state index contributed by atoms with van der Waals surface area (Å²) in [6.45, 7) is 3.53. The highest BCUT2D eigenvalue weighted by Gasteiger charge is 2.36. The van der Waals surface area contributed by atoms with E-state index >= 15 is 0 Å². The Bertz CT molecular complexity index is 2140. The first-order valence-electron chi connectivity index (χ1n) is 13.6. The van der Waals surface area contributed by atoms with Gasteiger partial charge in [0.25, 0.3) is 5.56 Å². The minimum Gasteiger partial charge on any atom is -0.496 e. The molecule has 1 aliphatic heterocycles. The summed E-state index contributed by atoms with van der Waals surface area (Å²) < 4.78 is 58.5. The van der Waals surface area contributed by atoms with Crippen molar-refractivity contribution < 1.29 is 31.9 Å². The molecule has 5 aromatic rings. The minimum absolute atomic E-state index is 0.131. The number of alkyl halides is 3. The zero-order valence-electron chi connectivity index (χ0n) is 23.8. The Hall–Kier alpha value is -4.90.